The van der Waals surface area contributed by atoms with Gasteiger partial charge in [-0.1, -0.05) is 185 Å². The Hall–Kier alpha value is -7.54. The highest BCUT2D eigenvalue weighted by atomic mass is 32.1. The number of nitrogens with zero attached hydrogens (tertiary/aromatic N) is 3. The van der Waals surface area contributed by atoms with Crippen LogP contribution in [0.3, 0.4) is 0 Å². The Bertz CT molecular complexity index is 4910. The van der Waals surface area contributed by atoms with E-state index in [-0.39, 0.29) is 50.2 Å². The highest BCUT2D eigenvalue weighted by Crippen LogP contribution is 2.58. The summed E-state index contributed by atoms with van der Waals surface area (Å²) >= 11 is 1.97. The Balaban J connectivity index is 1.06. The number of hydrogen-bond donors (Lipinski definition) is 0. The second kappa shape index (κ2) is 19.8. The Morgan fingerprint density at radius 1 is 0.430 bits per heavy atom. The normalized spacial score (nSPS) is 18.7. The van der Waals surface area contributed by atoms with E-state index in [9.17, 15) is 0 Å². The van der Waals surface area contributed by atoms with Crippen molar-refractivity contribution >= 4 is 117 Å². The number of thiophene rings is 1. The number of hydrogen-bond acceptors (Lipinski definition) is 5. The molecule has 0 unspecified atom stereocenters. The molecule has 472 valence electrons. The van der Waals surface area contributed by atoms with Crippen LogP contribution in [0.15, 0.2) is 156 Å². The van der Waals surface area contributed by atoms with Crippen molar-refractivity contribution in [2.24, 2.45) is 0 Å². The molecule has 0 saturated carbocycles. The van der Waals surface area contributed by atoms with Crippen LogP contribution in [0, 0.1) is 6.92 Å². The van der Waals surface area contributed by atoms with Crippen molar-refractivity contribution in [2.45, 2.75) is 213 Å². The maximum absolute atomic E-state index is 7.41. The molecule has 4 heterocycles. The van der Waals surface area contributed by atoms with Crippen LogP contribution in [-0.2, 0) is 43.3 Å². The molecule has 0 fully saturated rings. The van der Waals surface area contributed by atoms with Gasteiger partial charge in [-0.15, -0.1) is 11.3 Å². The number of anilines is 8. The fourth-order valence-corrected chi connectivity index (χ4v) is 18.8. The maximum atomic E-state index is 7.41. The van der Waals surface area contributed by atoms with Gasteiger partial charge >= 0.3 is 6.85 Å². The summed E-state index contributed by atoms with van der Waals surface area (Å²) in [7, 11) is 0. The minimum absolute atomic E-state index is 0.00813. The molecule has 0 spiro atoms. The summed E-state index contributed by atoms with van der Waals surface area (Å²) in [5.41, 5.74) is 29.5. The largest absolute Gasteiger partial charge is 0.456 e. The van der Waals surface area contributed by atoms with E-state index in [4.69, 9.17) is 4.42 Å². The standard InChI is InChI=1S/C87H94BN3OS/c1-51-42-64-67(86(16,17)40-38-83(64,10)11)48-71(51)90-72-50-75-60(59-45-66-68(49-74(59)92-75)87(18,19)41-39-85(66,14)15)46-69(72)88-78-73(90)47-61-58-22-20-21-23-76(58)93-79(61)77(78)62-43-56(33-35-70(62)91(88)57-32-34-63-65(44-57)84(12,13)37-36-82(63,8)9)89(54-28-24-52(25-29-54)80(2,3)4)55-30-26-53(27-31-55)81(5,6)7/h20-35,42-50H,36-41H2,1-19H3. The summed E-state index contributed by atoms with van der Waals surface area (Å²) in [5.74, 6) is 0. The van der Waals surface area contributed by atoms with Crippen LogP contribution in [0.5, 0.6) is 0 Å². The number of benzene rings is 9. The van der Waals surface area contributed by atoms with Gasteiger partial charge in [0.05, 0.1) is 0 Å². The molecule has 2 aliphatic heterocycles. The first-order valence-corrected chi connectivity index (χ1v) is 35.6. The Labute approximate surface area is 558 Å². The van der Waals surface area contributed by atoms with Crippen molar-refractivity contribution < 1.29 is 4.42 Å². The molecule has 5 aliphatic rings. The molecule has 9 aromatic carbocycles. The molecule has 93 heavy (non-hydrogen) atoms. The second-order valence-corrected chi connectivity index (χ2v) is 36.1. The van der Waals surface area contributed by atoms with E-state index in [1.54, 1.807) is 0 Å². The zero-order valence-corrected chi connectivity index (χ0v) is 59.7. The molecule has 0 amide bonds. The SMILES string of the molecule is Cc1cc2c(cc1N1c3cc4oc5cc6c(cc5c4cc3B3c4c1cc1c(sc5ccccc51)c4-c1cc(N(c4ccc(C(C)(C)C)cc4)c4ccc(C(C)(C)C)cc4)ccc1N3c1ccc3c(c1)C(C)(C)CCC3(C)C)C(C)(C)CCC6(C)C)C(C)(C)CCC2(C)C. The molecule has 0 radical (unpaired) electrons. The lowest BCUT2D eigenvalue weighted by Gasteiger charge is -2.48. The third-order valence-corrected chi connectivity index (χ3v) is 25.1. The Morgan fingerprint density at radius 3 is 1.53 bits per heavy atom. The molecule has 0 bridgehead atoms. The van der Waals surface area contributed by atoms with Gasteiger partial charge in [-0.05, 0) is 235 Å². The monoisotopic (exact) mass is 1240 g/mol. The minimum atomic E-state index is -0.228. The fraction of sp³-hybridized carbons (Fsp3) is 0.379. The summed E-state index contributed by atoms with van der Waals surface area (Å²) in [6.07, 6.45) is 6.88. The van der Waals surface area contributed by atoms with E-state index in [0.717, 1.165) is 66.8 Å². The van der Waals surface area contributed by atoms with E-state index in [1.165, 1.54) is 132 Å². The zero-order chi connectivity index (χ0) is 65.4. The summed E-state index contributed by atoms with van der Waals surface area (Å²) in [4.78, 5) is 8.03. The van der Waals surface area contributed by atoms with Crippen LogP contribution < -0.4 is 25.5 Å². The van der Waals surface area contributed by atoms with Crippen molar-refractivity contribution in [3.8, 4) is 11.1 Å². The van der Waals surface area contributed by atoms with Gasteiger partial charge in [0.2, 0.25) is 0 Å². The van der Waals surface area contributed by atoms with Gasteiger partial charge < -0.3 is 19.0 Å². The van der Waals surface area contributed by atoms with E-state index < -0.39 is 0 Å². The number of rotatable bonds is 5. The van der Waals surface area contributed by atoms with Gasteiger partial charge in [-0.25, -0.2) is 0 Å². The van der Waals surface area contributed by atoms with Crippen LogP contribution in [0.1, 0.15) is 213 Å². The van der Waals surface area contributed by atoms with Gasteiger partial charge in [-0.2, -0.15) is 0 Å². The molecular formula is C87H94BN3OS. The van der Waals surface area contributed by atoms with Crippen molar-refractivity contribution in [3.63, 3.8) is 0 Å². The number of furan rings is 1. The minimum Gasteiger partial charge on any atom is -0.456 e. The lowest BCUT2D eigenvalue weighted by molar-refractivity contribution is 0.332. The predicted octanol–water partition coefficient (Wildman–Crippen LogP) is 24.1. The average Bonchev–Trinajstić information content (AvgIpc) is 1.66. The van der Waals surface area contributed by atoms with Crippen molar-refractivity contribution in [2.75, 3.05) is 14.6 Å². The van der Waals surface area contributed by atoms with Gasteiger partial charge in [0.15, 0.2) is 0 Å². The first-order chi connectivity index (χ1) is 43.7. The van der Waals surface area contributed by atoms with Crippen LogP contribution in [0.2, 0.25) is 0 Å². The topological polar surface area (TPSA) is 22.9 Å². The van der Waals surface area contributed by atoms with Crippen LogP contribution in [-0.4, -0.2) is 6.85 Å². The third kappa shape index (κ3) is 9.16. The van der Waals surface area contributed by atoms with E-state index in [1.807, 2.05) is 11.3 Å². The predicted molar refractivity (Wildman–Crippen MR) is 403 cm³/mol. The highest BCUT2D eigenvalue weighted by Gasteiger charge is 2.49. The lowest BCUT2D eigenvalue weighted by Crippen LogP contribution is -2.61. The van der Waals surface area contributed by atoms with E-state index >= 15 is 0 Å². The third-order valence-electron chi connectivity index (χ3n) is 23.9. The first-order valence-electron chi connectivity index (χ1n) is 34.8. The Morgan fingerprint density at radius 2 is 0.935 bits per heavy atom. The molecular weight excluding hydrogens is 1150 g/mol. The second-order valence-electron chi connectivity index (χ2n) is 35.0. The molecule has 11 aromatic rings. The molecule has 3 aliphatic carbocycles. The van der Waals surface area contributed by atoms with Crippen molar-refractivity contribution in [3.05, 3.63) is 202 Å². The van der Waals surface area contributed by atoms with Gasteiger partial charge in [-0.3, -0.25) is 0 Å². The summed E-state index contributed by atoms with van der Waals surface area (Å²) < 4.78 is 10.0. The molecule has 2 aromatic heterocycles. The van der Waals surface area contributed by atoms with E-state index in [2.05, 4.69) is 298 Å². The molecule has 6 heteroatoms. The van der Waals surface area contributed by atoms with Crippen molar-refractivity contribution in [1.29, 1.82) is 0 Å². The lowest BCUT2D eigenvalue weighted by atomic mass is 9.43. The summed E-state index contributed by atoms with van der Waals surface area (Å²) in [6.45, 7) is 45.7. The molecule has 0 N–H and O–H groups in total. The number of fused-ring (bicyclic) bond motifs is 14. The smallest absolute Gasteiger partial charge is 0.333 e. The quantitative estimate of drug-likeness (QED) is 0.160. The first kappa shape index (κ1) is 60.4. The highest BCUT2D eigenvalue weighted by molar-refractivity contribution is 7.26. The van der Waals surface area contributed by atoms with Gasteiger partial charge in [0, 0.05) is 93.6 Å². The zero-order valence-electron chi connectivity index (χ0n) is 58.9. The molecule has 16 rings (SSSR count). The average molecular weight is 1240 g/mol. The van der Waals surface area contributed by atoms with Gasteiger partial charge in [0.1, 0.15) is 11.2 Å². The van der Waals surface area contributed by atoms with Crippen LogP contribution in [0.4, 0.5) is 45.5 Å². The molecule has 0 saturated heterocycles. The van der Waals surface area contributed by atoms with Crippen molar-refractivity contribution in [1.82, 2.24) is 0 Å². The molecule has 4 nitrogen and oxygen atoms in total. The molecule has 0 atom stereocenters. The maximum Gasteiger partial charge on any atom is 0.333 e. The number of aryl methyl sites for hydroxylation is 1. The van der Waals surface area contributed by atoms with E-state index in [0.29, 0.717) is 0 Å². The Kier molecular flexibility index (Phi) is 12.9. The summed E-state index contributed by atoms with van der Waals surface area (Å²) in [6, 6.07) is 61.0. The summed E-state index contributed by atoms with van der Waals surface area (Å²) in [5, 5.41) is 4.98. The van der Waals surface area contributed by atoms with Crippen LogP contribution >= 0.6 is 11.3 Å². The van der Waals surface area contributed by atoms with Crippen LogP contribution in [0.25, 0.3) is 53.2 Å². The van der Waals surface area contributed by atoms with Gasteiger partial charge in [0.25, 0.3) is 0 Å². The fourth-order valence-electron chi connectivity index (χ4n) is 17.5.